The topological polar surface area (TPSA) is 184 Å². The molecule has 0 amide bonds. The van der Waals surface area contributed by atoms with Crippen LogP contribution >= 0.6 is 0 Å². The first-order chi connectivity index (χ1) is 11.4. The molecule has 0 saturated carbocycles. The maximum atomic E-state index is 12.7. The fourth-order valence-corrected chi connectivity index (χ4v) is 2.47. The largest absolute Gasteiger partial charge is 0.394 e. The third-order valence-electron chi connectivity index (χ3n) is 3.60. The zero-order chi connectivity index (χ0) is 17.4. The minimum absolute atomic E-state index is 0.168. The van der Waals surface area contributed by atoms with E-state index in [0.29, 0.717) is 0 Å². The maximum Gasteiger partial charge on any atom is 0.339 e. The van der Waals surface area contributed by atoms with Crippen molar-refractivity contribution in [2.24, 2.45) is 10.7 Å². The summed E-state index contributed by atoms with van der Waals surface area (Å²) in [6.45, 7) is -0.516. The fourth-order valence-electron chi connectivity index (χ4n) is 2.47. The Morgan fingerprint density at radius 1 is 1.42 bits per heavy atom. The van der Waals surface area contributed by atoms with E-state index in [1.54, 1.807) is 0 Å². The van der Waals surface area contributed by atoms with E-state index in [1.807, 2.05) is 0 Å². The molecule has 2 aromatic heterocycles. The number of fused-ring (bicyclic) bond motifs is 1. The van der Waals surface area contributed by atoms with Crippen LogP contribution in [0.2, 0.25) is 0 Å². The molecule has 0 spiro atoms. The monoisotopic (exact) mass is 337 g/mol. The summed E-state index contributed by atoms with van der Waals surface area (Å²) in [6.07, 6.45) is -2.52. The zero-order valence-electron chi connectivity index (χ0n) is 12.2. The Labute approximate surface area is 133 Å². The molecule has 2 aromatic rings. The Bertz CT molecular complexity index is 907. The summed E-state index contributed by atoms with van der Waals surface area (Å²) >= 11 is 0. The molecule has 12 heteroatoms. The van der Waals surface area contributed by atoms with Crippen molar-refractivity contribution >= 4 is 11.6 Å². The second-order valence-corrected chi connectivity index (χ2v) is 5.10. The van der Waals surface area contributed by atoms with Crippen molar-refractivity contribution in [2.45, 2.75) is 24.5 Å². The zero-order valence-corrected chi connectivity index (χ0v) is 12.2. The van der Waals surface area contributed by atoms with Gasteiger partial charge < -0.3 is 25.8 Å². The highest BCUT2D eigenvalue weighted by Gasteiger charge is 2.43. The highest BCUT2D eigenvalue weighted by molar-refractivity contribution is 5.75. The third-order valence-corrected chi connectivity index (χ3v) is 3.60. The molecule has 0 aromatic carbocycles. The van der Waals surface area contributed by atoms with E-state index in [1.165, 1.54) is 12.3 Å². The van der Waals surface area contributed by atoms with Gasteiger partial charge in [0, 0.05) is 6.20 Å². The van der Waals surface area contributed by atoms with Crippen molar-refractivity contribution in [2.75, 3.05) is 6.61 Å². The van der Waals surface area contributed by atoms with E-state index in [4.69, 9.17) is 21.0 Å². The molecule has 0 aliphatic carbocycles. The molecule has 128 valence electrons. The molecule has 0 unspecified atom stereocenters. The van der Waals surface area contributed by atoms with Gasteiger partial charge in [-0.2, -0.15) is 4.99 Å². The normalized spacial score (nSPS) is 27.7. The minimum atomic E-state index is -1.42. The predicted octanol–water partition coefficient (Wildman–Crippen LogP) is -3.70. The molecule has 0 radical (unpaired) electrons. The molecule has 0 bridgehead atoms. The molecule has 4 atom stereocenters. The van der Waals surface area contributed by atoms with Crippen LogP contribution in [-0.4, -0.2) is 65.1 Å². The van der Waals surface area contributed by atoms with E-state index in [9.17, 15) is 15.0 Å². The average Bonchev–Trinajstić information content (AvgIpc) is 2.83. The number of nitrogens with two attached hydrogens (primary N) is 1. The van der Waals surface area contributed by atoms with Gasteiger partial charge in [-0.15, -0.1) is 0 Å². The first-order valence-electron chi connectivity index (χ1n) is 6.90. The van der Waals surface area contributed by atoms with Crippen LogP contribution in [0.25, 0.3) is 5.65 Å². The molecule has 1 aliphatic rings. The van der Waals surface area contributed by atoms with Crippen molar-refractivity contribution in [1.82, 2.24) is 18.9 Å². The van der Waals surface area contributed by atoms with Gasteiger partial charge in [-0.1, -0.05) is 0 Å². The summed E-state index contributed by atoms with van der Waals surface area (Å²) < 4.78 is 7.33. The van der Waals surface area contributed by atoms with Gasteiger partial charge in [-0.05, 0) is 6.07 Å². The lowest BCUT2D eigenvalue weighted by Crippen LogP contribution is -2.41. The van der Waals surface area contributed by atoms with E-state index in [0.717, 1.165) is 15.3 Å². The quantitative estimate of drug-likeness (QED) is 0.274. The van der Waals surface area contributed by atoms with Crippen LogP contribution in [0.1, 0.15) is 6.23 Å². The molecule has 24 heavy (non-hydrogen) atoms. The Hall–Kier alpha value is -2.67. The van der Waals surface area contributed by atoms with Crippen molar-refractivity contribution in [3.8, 4) is 0 Å². The number of nitrogens with one attached hydrogen (secondary N) is 1. The van der Waals surface area contributed by atoms with Crippen LogP contribution in [-0.2, 0) is 4.74 Å². The van der Waals surface area contributed by atoms with Crippen molar-refractivity contribution in [3.05, 3.63) is 34.7 Å². The smallest absolute Gasteiger partial charge is 0.339 e. The molecular weight excluding hydrogens is 322 g/mol. The molecule has 3 heterocycles. The lowest BCUT2D eigenvalue weighted by molar-refractivity contribution is -0.0551. The van der Waals surface area contributed by atoms with Gasteiger partial charge in [0.25, 0.3) is 0 Å². The lowest BCUT2D eigenvalue weighted by Gasteiger charge is -2.17. The molecule has 1 fully saturated rings. The summed E-state index contributed by atoms with van der Waals surface area (Å²) in [5.74, 6) is -0.551. The Balaban J connectivity index is 2.20. The van der Waals surface area contributed by atoms with Crippen LogP contribution in [0, 0.1) is 5.41 Å². The lowest BCUT2D eigenvalue weighted by atomic mass is 10.1. The Morgan fingerprint density at radius 2 is 2.17 bits per heavy atom. The minimum Gasteiger partial charge on any atom is -0.394 e. The number of guanidine groups is 1. The summed E-state index contributed by atoms with van der Waals surface area (Å²) in [4.78, 5) is 24.1. The molecule has 1 aliphatic heterocycles. The van der Waals surface area contributed by atoms with Crippen LogP contribution in [0.3, 0.4) is 0 Å². The molecule has 12 nitrogen and oxygen atoms in total. The summed E-state index contributed by atoms with van der Waals surface area (Å²) in [6, 6.07) is 1.44. The number of aromatic nitrogens is 4. The number of ether oxygens (including phenoxy) is 1. The Kier molecular flexibility index (Phi) is 4.11. The van der Waals surface area contributed by atoms with Crippen molar-refractivity contribution < 1.29 is 20.1 Å². The number of hydrogen-bond acceptors (Lipinski definition) is 8. The van der Waals surface area contributed by atoms with E-state index in [2.05, 4.69) is 15.0 Å². The molecule has 1 saturated heterocycles. The molecular formula is C12H15N7O5. The van der Waals surface area contributed by atoms with E-state index < -0.39 is 42.8 Å². The van der Waals surface area contributed by atoms with Crippen LogP contribution in [0.4, 0.5) is 0 Å². The number of aliphatic hydroxyl groups excluding tert-OH is 3. The molecule has 6 N–H and O–H groups in total. The van der Waals surface area contributed by atoms with Gasteiger partial charge >= 0.3 is 5.69 Å². The highest BCUT2D eigenvalue weighted by Crippen LogP contribution is 2.27. The summed E-state index contributed by atoms with van der Waals surface area (Å²) in [5, 5.41) is 36.2. The number of rotatable bonds is 2. The van der Waals surface area contributed by atoms with Crippen LogP contribution < -0.4 is 17.0 Å². The van der Waals surface area contributed by atoms with Gasteiger partial charge in [0.05, 0.1) is 6.61 Å². The first-order valence-corrected chi connectivity index (χ1v) is 6.90. The van der Waals surface area contributed by atoms with Gasteiger partial charge in [0.1, 0.15) is 30.3 Å². The second-order valence-electron chi connectivity index (χ2n) is 5.10. The van der Waals surface area contributed by atoms with Gasteiger partial charge in [-0.3, -0.25) is 9.98 Å². The maximum absolute atomic E-state index is 12.7. The SMILES string of the molecule is N=C(N)/N=c1\ncnc2ccn([C@@H]3O[C@H](CO)[C@@H](O)[C@H]3O)c(=O)n12. The van der Waals surface area contributed by atoms with E-state index in [-0.39, 0.29) is 11.3 Å². The molecule has 3 rings (SSSR count). The van der Waals surface area contributed by atoms with Gasteiger partial charge in [0.15, 0.2) is 6.23 Å². The number of aliphatic hydroxyl groups is 3. The summed E-state index contributed by atoms with van der Waals surface area (Å²) in [5.41, 5.74) is 4.52. The first kappa shape index (κ1) is 16.2. The van der Waals surface area contributed by atoms with Crippen molar-refractivity contribution in [1.29, 1.82) is 5.41 Å². The second kappa shape index (κ2) is 6.09. The highest BCUT2D eigenvalue weighted by atomic mass is 16.6. The van der Waals surface area contributed by atoms with Crippen LogP contribution in [0.5, 0.6) is 0 Å². The van der Waals surface area contributed by atoms with Gasteiger partial charge in [0.2, 0.25) is 11.6 Å². The van der Waals surface area contributed by atoms with E-state index >= 15 is 0 Å². The Morgan fingerprint density at radius 3 is 2.79 bits per heavy atom. The fraction of sp³-hybridized carbons (Fsp3) is 0.417. The van der Waals surface area contributed by atoms with Gasteiger partial charge in [-0.25, -0.2) is 19.2 Å². The average molecular weight is 337 g/mol. The predicted molar refractivity (Wildman–Crippen MR) is 77.7 cm³/mol. The number of hydrogen-bond donors (Lipinski definition) is 5. The number of nitrogens with zero attached hydrogens (tertiary/aromatic N) is 5. The third kappa shape index (κ3) is 2.56. The van der Waals surface area contributed by atoms with Crippen molar-refractivity contribution in [3.63, 3.8) is 0 Å². The summed E-state index contributed by atoms with van der Waals surface area (Å²) in [7, 11) is 0. The standard InChI is InChI=1S/C12H15N7O5/c13-10(14)17-11-16-4-15-6-1-2-18(12(23)19(6)11)9-8(22)7(21)5(3-20)24-9/h1-2,4-5,7-9,20-22H,3H2,(H3,13,14)/b17-11+/t5-,7-,8-,9-/m1/s1. The van der Waals surface area contributed by atoms with Crippen LogP contribution in [0.15, 0.2) is 28.4 Å².